The second-order valence-electron chi connectivity index (χ2n) is 16.5. The van der Waals surface area contributed by atoms with Gasteiger partial charge in [-0.3, -0.25) is 43.2 Å². The zero-order chi connectivity index (χ0) is 48.5. The Balaban J connectivity index is 1.45. The van der Waals surface area contributed by atoms with Crippen LogP contribution in [0.1, 0.15) is 76.1 Å². The molecule has 1 aliphatic rings. The molecule has 0 bridgehead atoms. The highest BCUT2D eigenvalue weighted by Crippen LogP contribution is 2.19. The van der Waals surface area contributed by atoms with Gasteiger partial charge in [-0.2, -0.15) is 0 Å². The van der Waals surface area contributed by atoms with Crippen LogP contribution in [0.4, 0.5) is 0 Å². The molecular formula is C46H60N12O9. The third-order valence-electron chi connectivity index (χ3n) is 11.3. The van der Waals surface area contributed by atoms with Crippen LogP contribution in [0.25, 0.3) is 10.9 Å². The first-order valence-corrected chi connectivity index (χ1v) is 22.3. The molecule has 5 rings (SSSR count). The van der Waals surface area contributed by atoms with Gasteiger partial charge in [0.25, 0.3) is 0 Å². The first-order valence-electron chi connectivity index (χ1n) is 22.3. The molecule has 3 heterocycles. The van der Waals surface area contributed by atoms with Crippen LogP contribution in [0.15, 0.2) is 73.3 Å². The fourth-order valence-corrected chi connectivity index (χ4v) is 7.57. The van der Waals surface area contributed by atoms with Gasteiger partial charge in [-0.15, -0.1) is 0 Å². The van der Waals surface area contributed by atoms with Crippen LogP contribution < -0.4 is 48.3 Å². The number of nitrogens with two attached hydrogens (primary N) is 1. The van der Waals surface area contributed by atoms with Crippen molar-refractivity contribution in [3.63, 3.8) is 0 Å². The lowest BCUT2D eigenvalue weighted by Gasteiger charge is -2.27. The second kappa shape index (κ2) is 24.6. The molecule has 2 aromatic carbocycles. The van der Waals surface area contributed by atoms with Crippen LogP contribution in [-0.4, -0.2) is 117 Å². The predicted octanol–water partition coefficient (Wildman–Crippen LogP) is -0.672. The van der Waals surface area contributed by atoms with Gasteiger partial charge in [-0.25, -0.2) is 4.98 Å². The van der Waals surface area contributed by atoms with Gasteiger partial charge in [-0.1, -0.05) is 68.3 Å². The summed E-state index contributed by atoms with van der Waals surface area (Å²) in [5, 5.41) is 22.0. The zero-order valence-corrected chi connectivity index (χ0v) is 37.7. The van der Waals surface area contributed by atoms with Gasteiger partial charge in [0.15, 0.2) is 0 Å². The van der Waals surface area contributed by atoms with Crippen molar-refractivity contribution >= 4 is 64.1 Å². The maximum absolute atomic E-state index is 14.3. The van der Waals surface area contributed by atoms with Crippen molar-refractivity contribution in [1.82, 2.24) is 57.5 Å². The van der Waals surface area contributed by atoms with E-state index in [1.807, 2.05) is 31.2 Å². The molecule has 21 nitrogen and oxygen atoms in total. The van der Waals surface area contributed by atoms with Crippen LogP contribution in [-0.2, 0) is 62.4 Å². The Morgan fingerprint density at radius 3 is 2.21 bits per heavy atom. The number of nitrogens with zero attached hydrogens (tertiary/aromatic N) is 1. The normalized spacial score (nSPS) is 21.1. The third-order valence-corrected chi connectivity index (χ3v) is 11.3. The van der Waals surface area contributed by atoms with Crippen LogP contribution in [0.2, 0.25) is 0 Å². The number of carbonyl (C=O) groups is 9. The monoisotopic (exact) mass is 924 g/mol. The molecule has 1 unspecified atom stereocenters. The SMILES string of the molecule is CCCC[C@H](NC(C)=O)C(=O)N[C@H]1CCC(=O)NCCC(C(=O)N[C@@H](Cc2c[nH]c3ccccc23)C(N)=O)NC(=O)[C@H](C)NC(=O)[C@@H](Cc2ccccc2)NC(=O)[C@H](Cc2cnc[nH]2)NC1=O. The van der Waals surface area contributed by atoms with Crippen LogP contribution in [0.5, 0.6) is 0 Å². The van der Waals surface area contributed by atoms with E-state index < -0.39 is 95.5 Å². The van der Waals surface area contributed by atoms with Crippen molar-refractivity contribution in [3.05, 3.63) is 90.1 Å². The fraction of sp³-hybridized carbons (Fsp3) is 0.435. The highest BCUT2D eigenvalue weighted by molar-refractivity contribution is 5.98. The summed E-state index contributed by atoms with van der Waals surface area (Å²) in [4.78, 5) is 132. The minimum absolute atomic E-state index is 0.0155. The van der Waals surface area contributed by atoms with E-state index in [1.165, 1.54) is 26.4 Å². The number of primary amides is 1. The molecule has 0 radical (unpaired) electrons. The molecule has 0 saturated carbocycles. The Hall–Kier alpha value is -7.58. The quantitative estimate of drug-likeness (QED) is 0.0715. The summed E-state index contributed by atoms with van der Waals surface area (Å²) < 4.78 is 0. The highest BCUT2D eigenvalue weighted by atomic mass is 16.2. The molecule has 2 aromatic heterocycles. The summed E-state index contributed by atoms with van der Waals surface area (Å²) in [5.74, 6) is -6.60. The third kappa shape index (κ3) is 15.3. The number of fused-ring (bicyclic) bond motifs is 1. The molecule has 67 heavy (non-hydrogen) atoms. The van der Waals surface area contributed by atoms with Crippen LogP contribution in [0.3, 0.4) is 0 Å². The molecule has 358 valence electrons. The van der Waals surface area contributed by atoms with Crippen LogP contribution >= 0.6 is 0 Å². The van der Waals surface area contributed by atoms with E-state index in [2.05, 4.69) is 57.5 Å². The molecule has 1 saturated heterocycles. The van der Waals surface area contributed by atoms with Gasteiger partial charge < -0.3 is 58.2 Å². The van der Waals surface area contributed by atoms with E-state index in [9.17, 15) is 43.2 Å². The number of amides is 9. The minimum Gasteiger partial charge on any atom is -0.368 e. The number of carbonyl (C=O) groups excluding carboxylic acids is 9. The average Bonchev–Trinajstić information content (AvgIpc) is 3.97. The van der Waals surface area contributed by atoms with Crippen molar-refractivity contribution in [3.8, 4) is 0 Å². The minimum atomic E-state index is -1.40. The van der Waals surface area contributed by atoms with E-state index in [0.717, 1.165) is 10.9 Å². The molecule has 12 N–H and O–H groups in total. The number of H-pyrrole nitrogens is 2. The van der Waals surface area contributed by atoms with Gasteiger partial charge in [0.05, 0.1) is 6.33 Å². The molecule has 21 heteroatoms. The second-order valence-corrected chi connectivity index (χ2v) is 16.5. The molecule has 4 aromatic rings. The van der Waals surface area contributed by atoms with Gasteiger partial charge in [0, 0.05) is 68.1 Å². The van der Waals surface area contributed by atoms with E-state index in [-0.39, 0.29) is 51.5 Å². The maximum atomic E-state index is 14.3. The summed E-state index contributed by atoms with van der Waals surface area (Å²) in [7, 11) is 0. The predicted molar refractivity (Wildman–Crippen MR) is 245 cm³/mol. The number of hydrogen-bond donors (Lipinski definition) is 11. The molecule has 0 spiro atoms. The first kappa shape index (κ1) is 50.4. The molecule has 7 atom stereocenters. The molecule has 0 aliphatic carbocycles. The van der Waals surface area contributed by atoms with Crippen molar-refractivity contribution < 1.29 is 43.2 Å². The zero-order valence-electron chi connectivity index (χ0n) is 37.7. The highest BCUT2D eigenvalue weighted by Gasteiger charge is 2.34. The number of imidazole rings is 1. The number of unbranched alkanes of at least 4 members (excludes halogenated alkanes) is 1. The number of aromatic amines is 2. The summed E-state index contributed by atoms with van der Waals surface area (Å²) in [6.07, 6.45) is 5.13. The lowest BCUT2D eigenvalue weighted by Crippen LogP contribution is -2.60. The van der Waals surface area contributed by atoms with Crippen LogP contribution in [0, 0.1) is 0 Å². The number of aromatic nitrogens is 3. The number of rotatable bonds is 15. The van der Waals surface area contributed by atoms with Crippen molar-refractivity contribution in [2.24, 2.45) is 5.73 Å². The smallest absolute Gasteiger partial charge is 0.243 e. The summed E-state index contributed by atoms with van der Waals surface area (Å²) in [6.45, 7) is 4.36. The molecular weight excluding hydrogens is 865 g/mol. The molecule has 9 amide bonds. The number of para-hydroxylation sites is 1. The average molecular weight is 925 g/mol. The Morgan fingerprint density at radius 2 is 1.51 bits per heavy atom. The van der Waals surface area contributed by atoms with Gasteiger partial charge in [0.2, 0.25) is 53.2 Å². The topological polar surface area (TPSA) is 320 Å². The van der Waals surface area contributed by atoms with Gasteiger partial charge in [-0.05, 0) is 43.4 Å². The number of nitrogens with one attached hydrogen (secondary N) is 10. The van der Waals surface area contributed by atoms with Crippen molar-refractivity contribution in [2.45, 2.75) is 121 Å². The number of hydrogen-bond acceptors (Lipinski definition) is 10. The lowest BCUT2D eigenvalue weighted by molar-refractivity contribution is -0.135. The van der Waals surface area contributed by atoms with Crippen molar-refractivity contribution in [1.29, 1.82) is 0 Å². The summed E-state index contributed by atoms with van der Waals surface area (Å²) >= 11 is 0. The van der Waals surface area contributed by atoms with E-state index in [0.29, 0.717) is 29.7 Å². The fourth-order valence-electron chi connectivity index (χ4n) is 7.57. The van der Waals surface area contributed by atoms with E-state index in [4.69, 9.17) is 5.73 Å². The summed E-state index contributed by atoms with van der Waals surface area (Å²) in [5.41, 5.74) is 8.36. The maximum Gasteiger partial charge on any atom is 0.243 e. The Bertz CT molecular complexity index is 2370. The number of benzene rings is 2. The van der Waals surface area contributed by atoms with Gasteiger partial charge >= 0.3 is 0 Å². The molecule has 1 aliphatic heterocycles. The first-order chi connectivity index (χ1) is 32.1. The Labute approximate surface area is 387 Å². The molecule has 1 fully saturated rings. The van der Waals surface area contributed by atoms with Gasteiger partial charge in [0.1, 0.15) is 42.3 Å². The van der Waals surface area contributed by atoms with E-state index >= 15 is 0 Å². The lowest BCUT2D eigenvalue weighted by atomic mass is 10.0. The largest absolute Gasteiger partial charge is 0.368 e. The van der Waals surface area contributed by atoms with E-state index in [1.54, 1.807) is 36.5 Å². The Morgan fingerprint density at radius 1 is 0.806 bits per heavy atom. The Kier molecular flexibility index (Phi) is 18.5. The van der Waals surface area contributed by atoms with Crippen molar-refractivity contribution in [2.75, 3.05) is 6.54 Å². The standard InChI is InChI=1S/C46H60N12O9/c1-4-5-14-33(53-27(3)59)42(63)55-34-16-17-39(60)49-19-18-35(44(65)56-36(40(47)61)21-29-23-50-32-15-10-9-13-31(29)32)54-41(62)26(2)52-45(66)37(20-28-11-7-6-8-12-28)57-46(67)38(58-43(34)64)22-30-24-48-25-51-30/h6-13,15,23-26,33-38,50H,4-5,14,16-22H2,1-3H3,(H2,47,61)(H,48,51)(H,49,60)(H,52,66)(H,53,59)(H,54,62)(H,55,63)(H,56,65)(H,57,67)(H,58,64)/t26-,33-,34-,35?,36-,37+,38-/m0/s1. The summed E-state index contributed by atoms with van der Waals surface area (Å²) in [6, 6.07) is 7.19.